The number of urea groups is 1. The average molecular weight is 414 g/mol. The maximum absolute atomic E-state index is 12.9. The van der Waals surface area contributed by atoms with Crippen LogP contribution < -0.4 is 16.2 Å². The molecule has 29 heavy (non-hydrogen) atoms. The number of aromatic nitrogens is 2. The molecular weight excluding hydrogens is 390 g/mol. The van der Waals surface area contributed by atoms with E-state index in [0.29, 0.717) is 21.7 Å². The van der Waals surface area contributed by atoms with Crippen LogP contribution in [0, 0.1) is 5.92 Å². The van der Waals surface area contributed by atoms with Gasteiger partial charge in [0.05, 0.1) is 12.1 Å². The van der Waals surface area contributed by atoms with Crippen LogP contribution >= 0.6 is 11.3 Å². The zero-order valence-electron chi connectivity index (χ0n) is 16.4. The number of carbonyl (C=O) groups is 2. The topological polar surface area (TPSA) is 107 Å². The molecule has 0 radical (unpaired) electrons. The molecule has 3 aromatic rings. The summed E-state index contributed by atoms with van der Waals surface area (Å²) in [6.07, 6.45) is 0. The van der Waals surface area contributed by atoms with Crippen LogP contribution in [0.4, 0.5) is 10.5 Å². The summed E-state index contributed by atoms with van der Waals surface area (Å²) >= 11 is 1.32. The van der Waals surface area contributed by atoms with Gasteiger partial charge in [-0.1, -0.05) is 32.0 Å². The van der Waals surface area contributed by atoms with E-state index in [4.69, 9.17) is 0 Å². The fourth-order valence-corrected chi connectivity index (χ4v) is 3.61. The van der Waals surface area contributed by atoms with E-state index in [1.165, 1.54) is 16.2 Å². The summed E-state index contributed by atoms with van der Waals surface area (Å²) in [7, 11) is 1.62. The van der Waals surface area contributed by atoms with Gasteiger partial charge in [0.25, 0.3) is 5.56 Å². The van der Waals surface area contributed by atoms with Crippen LogP contribution in [0.3, 0.4) is 0 Å². The number of aromatic amines is 1. The zero-order valence-corrected chi connectivity index (χ0v) is 17.2. The summed E-state index contributed by atoms with van der Waals surface area (Å²) in [6, 6.07) is 9.60. The molecule has 2 aromatic heterocycles. The first kappa shape index (κ1) is 20.5. The first-order valence-corrected chi connectivity index (χ1v) is 10.1. The number of benzene rings is 1. The average Bonchev–Trinajstić information content (AvgIpc) is 3.15. The molecule has 152 valence electrons. The minimum atomic E-state index is -0.722. The van der Waals surface area contributed by atoms with Crippen molar-refractivity contribution < 1.29 is 9.59 Å². The summed E-state index contributed by atoms with van der Waals surface area (Å²) in [5, 5.41) is 7.25. The molecule has 0 saturated carbocycles. The van der Waals surface area contributed by atoms with Gasteiger partial charge >= 0.3 is 6.03 Å². The van der Waals surface area contributed by atoms with Crippen molar-refractivity contribution in [3.63, 3.8) is 0 Å². The summed E-state index contributed by atoms with van der Waals surface area (Å²) < 4.78 is 0.557. The number of anilines is 1. The Bertz CT molecular complexity index is 1060. The number of rotatable bonds is 6. The number of carbonyl (C=O) groups excluding carboxylic acids is 2. The molecule has 2 heterocycles. The summed E-state index contributed by atoms with van der Waals surface area (Å²) in [5.74, 6) is 0.00195. The lowest BCUT2D eigenvalue weighted by atomic mass is 10.0. The molecule has 1 aromatic carbocycles. The van der Waals surface area contributed by atoms with Gasteiger partial charge in [0.1, 0.15) is 16.6 Å². The third kappa shape index (κ3) is 5.00. The van der Waals surface area contributed by atoms with Crippen molar-refractivity contribution in [2.75, 3.05) is 12.4 Å². The minimum Gasteiger partial charge on any atom is -0.336 e. The molecule has 0 saturated heterocycles. The molecular formula is C20H23N5O3S. The fourth-order valence-electron chi connectivity index (χ4n) is 2.88. The summed E-state index contributed by atoms with van der Waals surface area (Å²) in [6.45, 7) is 3.85. The molecule has 9 heteroatoms. The highest BCUT2D eigenvalue weighted by Gasteiger charge is 2.27. The van der Waals surface area contributed by atoms with E-state index in [1.807, 2.05) is 32.0 Å². The maximum atomic E-state index is 12.9. The van der Waals surface area contributed by atoms with Crippen molar-refractivity contribution in [1.29, 1.82) is 0 Å². The number of likely N-dealkylation sites (N-methyl/N-ethyl adjacent to an activating group) is 1. The van der Waals surface area contributed by atoms with Gasteiger partial charge in [0.2, 0.25) is 5.91 Å². The van der Waals surface area contributed by atoms with Gasteiger partial charge in [0, 0.05) is 12.7 Å². The van der Waals surface area contributed by atoms with E-state index in [0.717, 1.165) is 0 Å². The molecule has 0 bridgehead atoms. The van der Waals surface area contributed by atoms with E-state index in [-0.39, 0.29) is 23.9 Å². The van der Waals surface area contributed by atoms with Gasteiger partial charge in [-0.3, -0.25) is 9.59 Å². The Balaban J connectivity index is 1.68. The largest absolute Gasteiger partial charge is 0.336 e. The van der Waals surface area contributed by atoms with Crippen molar-refractivity contribution in [2.24, 2.45) is 5.92 Å². The van der Waals surface area contributed by atoms with Crippen LogP contribution in [0.15, 0.2) is 46.6 Å². The molecule has 3 rings (SSSR count). The predicted octanol–water partition coefficient (Wildman–Crippen LogP) is 2.79. The number of para-hydroxylation sites is 1. The Morgan fingerprint density at radius 1 is 1.21 bits per heavy atom. The third-order valence-electron chi connectivity index (χ3n) is 4.38. The Morgan fingerprint density at radius 2 is 1.93 bits per heavy atom. The minimum absolute atomic E-state index is 0.127. The summed E-state index contributed by atoms with van der Waals surface area (Å²) in [4.78, 5) is 45.9. The van der Waals surface area contributed by atoms with Crippen LogP contribution in [0.25, 0.3) is 10.2 Å². The van der Waals surface area contributed by atoms with Crippen molar-refractivity contribution in [3.05, 3.63) is 58.0 Å². The number of fused-ring (bicyclic) bond motifs is 1. The summed E-state index contributed by atoms with van der Waals surface area (Å²) in [5.41, 5.74) is 1.02. The molecule has 0 aliphatic rings. The highest BCUT2D eigenvalue weighted by molar-refractivity contribution is 7.17. The second kappa shape index (κ2) is 8.87. The molecule has 3 N–H and O–H groups in total. The standard InChI is InChI=1S/C20H23N5O3S/c1-12(2)16(24-20(28)21-13-7-5-4-6-8-13)19(27)25(3)11-15-22-14-9-10-29-17(14)18(26)23-15/h4-10,12,16H,11H2,1-3H3,(H2,21,24,28)(H,22,23,26). The van der Waals surface area contributed by atoms with Crippen LogP contribution in [0.1, 0.15) is 19.7 Å². The molecule has 0 aliphatic carbocycles. The number of nitrogens with one attached hydrogen (secondary N) is 3. The van der Waals surface area contributed by atoms with E-state index in [2.05, 4.69) is 20.6 Å². The number of hydrogen-bond donors (Lipinski definition) is 3. The maximum Gasteiger partial charge on any atom is 0.319 e. The highest BCUT2D eigenvalue weighted by Crippen LogP contribution is 2.15. The molecule has 0 spiro atoms. The van der Waals surface area contributed by atoms with Crippen LogP contribution in [0.5, 0.6) is 0 Å². The van der Waals surface area contributed by atoms with E-state index in [1.54, 1.807) is 30.6 Å². The first-order valence-electron chi connectivity index (χ1n) is 9.19. The monoisotopic (exact) mass is 413 g/mol. The van der Waals surface area contributed by atoms with Crippen molar-refractivity contribution in [1.82, 2.24) is 20.2 Å². The molecule has 1 atom stereocenters. The number of H-pyrrole nitrogens is 1. The van der Waals surface area contributed by atoms with E-state index >= 15 is 0 Å². The number of thiophene rings is 1. The molecule has 1 unspecified atom stereocenters. The quantitative estimate of drug-likeness (QED) is 0.577. The van der Waals surface area contributed by atoms with Gasteiger partial charge in [-0.2, -0.15) is 0 Å². The van der Waals surface area contributed by atoms with E-state index < -0.39 is 12.1 Å². The predicted molar refractivity (Wildman–Crippen MR) is 114 cm³/mol. The SMILES string of the molecule is CC(C)C(NC(=O)Nc1ccccc1)C(=O)N(C)Cc1nc2ccsc2c(=O)[nH]1. The molecule has 8 nitrogen and oxygen atoms in total. The second-order valence-electron chi connectivity index (χ2n) is 7.03. The Kier molecular flexibility index (Phi) is 6.28. The number of nitrogens with zero attached hydrogens (tertiary/aromatic N) is 2. The Labute approximate surface area is 172 Å². The lowest BCUT2D eigenvalue weighted by Gasteiger charge is -2.27. The van der Waals surface area contributed by atoms with Gasteiger partial charge in [0.15, 0.2) is 0 Å². The number of hydrogen-bond acceptors (Lipinski definition) is 5. The number of amides is 3. The Hall–Kier alpha value is -3.20. The van der Waals surface area contributed by atoms with Crippen molar-refractivity contribution in [2.45, 2.75) is 26.4 Å². The van der Waals surface area contributed by atoms with E-state index in [9.17, 15) is 14.4 Å². The van der Waals surface area contributed by atoms with Crippen LogP contribution in [-0.4, -0.2) is 39.9 Å². The molecule has 0 aliphatic heterocycles. The second-order valence-corrected chi connectivity index (χ2v) is 7.94. The lowest BCUT2D eigenvalue weighted by Crippen LogP contribution is -2.51. The van der Waals surface area contributed by atoms with Gasteiger partial charge in [-0.15, -0.1) is 11.3 Å². The zero-order chi connectivity index (χ0) is 21.0. The van der Waals surface area contributed by atoms with Crippen molar-refractivity contribution >= 4 is 39.2 Å². The highest BCUT2D eigenvalue weighted by atomic mass is 32.1. The van der Waals surface area contributed by atoms with Gasteiger partial charge in [-0.25, -0.2) is 9.78 Å². The van der Waals surface area contributed by atoms with Gasteiger partial charge < -0.3 is 20.5 Å². The fraction of sp³-hybridized carbons (Fsp3) is 0.300. The molecule has 3 amide bonds. The lowest BCUT2D eigenvalue weighted by molar-refractivity contribution is -0.133. The van der Waals surface area contributed by atoms with Crippen LogP contribution in [0.2, 0.25) is 0 Å². The van der Waals surface area contributed by atoms with Crippen LogP contribution in [-0.2, 0) is 11.3 Å². The Morgan fingerprint density at radius 3 is 2.62 bits per heavy atom. The third-order valence-corrected chi connectivity index (χ3v) is 5.28. The molecule has 0 fully saturated rings. The normalized spacial score (nSPS) is 12.0. The smallest absolute Gasteiger partial charge is 0.319 e. The van der Waals surface area contributed by atoms with Crippen molar-refractivity contribution in [3.8, 4) is 0 Å². The first-order chi connectivity index (χ1) is 13.8. The van der Waals surface area contributed by atoms with Gasteiger partial charge in [-0.05, 0) is 29.5 Å².